The summed E-state index contributed by atoms with van der Waals surface area (Å²) in [6.07, 6.45) is 8.03. The first-order valence-electron chi connectivity index (χ1n) is 11.9. The molecule has 1 N–H and O–H groups in total. The monoisotopic (exact) mass is 504 g/mol. The van der Waals surface area contributed by atoms with Crippen molar-refractivity contribution in [3.63, 3.8) is 0 Å². The van der Waals surface area contributed by atoms with E-state index < -0.39 is 15.1 Å². The molecule has 9 nitrogen and oxygen atoms in total. The first-order chi connectivity index (χ1) is 17.4. The summed E-state index contributed by atoms with van der Waals surface area (Å²) in [5.74, 6) is 0.502. The molecule has 3 heterocycles. The zero-order valence-corrected chi connectivity index (χ0v) is 20.9. The number of rotatable bonds is 8. The predicted octanol–water partition coefficient (Wildman–Crippen LogP) is 2.94. The van der Waals surface area contributed by atoms with Crippen molar-refractivity contribution in [1.29, 1.82) is 0 Å². The number of nitrogens with one attached hydrogen (secondary N) is 1. The Bertz CT molecular complexity index is 1470. The minimum absolute atomic E-state index is 0.162. The Morgan fingerprint density at radius 1 is 1.11 bits per heavy atom. The number of carbonyl (C=O) groups is 1. The van der Waals surface area contributed by atoms with Crippen molar-refractivity contribution in [1.82, 2.24) is 24.8 Å². The lowest BCUT2D eigenvalue weighted by Gasteiger charge is -2.21. The summed E-state index contributed by atoms with van der Waals surface area (Å²) < 4.78 is 26.2. The number of fused-ring (bicyclic) bond motifs is 1. The van der Waals surface area contributed by atoms with Gasteiger partial charge in [-0.3, -0.25) is 4.79 Å². The van der Waals surface area contributed by atoms with Crippen LogP contribution in [0.2, 0.25) is 0 Å². The van der Waals surface area contributed by atoms with Crippen molar-refractivity contribution in [3.8, 4) is 11.3 Å². The maximum atomic E-state index is 12.8. The van der Waals surface area contributed by atoms with Gasteiger partial charge < -0.3 is 14.8 Å². The number of imidazole rings is 1. The van der Waals surface area contributed by atoms with Crippen LogP contribution in [-0.2, 0) is 16.4 Å². The van der Waals surface area contributed by atoms with Crippen LogP contribution >= 0.6 is 0 Å². The molecule has 0 radical (unpaired) electrons. The molecule has 1 unspecified atom stereocenters. The molecule has 1 aliphatic heterocycles. The minimum atomic E-state index is -3.14. The summed E-state index contributed by atoms with van der Waals surface area (Å²) in [6, 6.07) is 15.0. The van der Waals surface area contributed by atoms with E-state index in [0.29, 0.717) is 54.2 Å². The van der Waals surface area contributed by atoms with Crippen molar-refractivity contribution in [2.75, 3.05) is 30.8 Å². The van der Waals surface area contributed by atoms with Gasteiger partial charge in [-0.2, -0.15) is 0 Å². The average Bonchev–Trinajstić information content (AvgIpc) is 3.58. The lowest BCUT2D eigenvalue weighted by atomic mass is 10.1. The molecule has 2 aromatic heterocycles. The van der Waals surface area contributed by atoms with Crippen molar-refractivity contribution >= 4 is 32.6 Å². The number of aryl methyl sites for hydroxylation is 1. The second-order valence-corrected chi connectivity index (χ2v) is 11.4. The molecule has 0 saturated carbocycles. The van der Waals surface area contributed by atoms with Gasteiger partial charge in [-0.15, -0.1) is 0 Å². The van der Waals surface area contributed by atoms with Gasteiger partial charge in [0, 0.05) is 56.0 Å². The Hall–Kier alpha value is -3.79. The molecule has 36 heavy (non-hydrogen) atoms. The summed E-state index contributed by atoms with van der Waals surface area (Å²) in [4.78, 5) is 28.6. The van der Waals surface area contributed by atoms with Crippen molar-refractivity contribution < 1.29 is 13.2 Å². The van der Waals surface area contributed by atoms with Gasteiger partial charge in [-0.25, -0.2) is 23.4 Å². The van der Waals surface area contributed by atoms with E-state index in [9.17, 15) is 13.2 Å². The number of aromatic nitrogens is 4. The average molecular weight is 505 g/mol. The lowest BCUT2D eigenvalue weighted by molar-refractivity contribution is 0.0953. The van der Waals surface area contributed by atoms with E-state index in [4.69, 9.17) is 9.97 Å². The van der Waals surface area contributed by atoms with E-state index in [1.165, 1.54) is 6.26 Å². The van der Waals surface area contributed by atoms with Gasteiger partial charge in [-0.05, 0) is 31.0 Å². The Morgan fingerprint density at radius 2 is 1.94 bits per heavy atom. The van der Waals surface area contributed by atoms with Gasteiger partial charge in [0.05, 0.1) is 22.6 Å². The van der Waals surface area contributed by atoms with Gasteiger partial charge >= 0.3 is 0 Å². The lowest BCUT2D eigenvalue weighted by Crippen LogP contribution is -2.27. The number of amides is 1. The van der Waals surface area contributed by atoms with E-state index in [1.807, 2.05) is 46.0 Å². The molecule has 1 aliphatic rings. The second-order valence-electron chi connectivity index (χ2n) is 9.06. The first-order valence-corrected chi connectivity index (χ1v) is 13.9. The van der Waals surface area contributed by atoms with E-state index in [-0.39, 0.29) is 5.91 Å². The molecule has 1 saturated heterocycles. The predicted molar refractivity (Wildman–Crippen MR) is 140 cm³/mol. The summed E-state index contributed by atoms with van der Waals surface area (Å²) in [5.41, 5.74) is 3.35. The Balaban J connectivity index is 1.41. The van der Waals surface area contributed by atoms with Crippen LogP contribution in [0.5, 0.6) is 0 Å². The maximum Gasteiger partial charge on any atom is 0.251 e. The summed E-state index contributed by atoms with van der Waals surface area (Å²) in [7, 11) is -3.14. The molecule has 2 aromatic carbocycles. The summed E-state index contributed by atoms with van der Waals surface area (Å²) in [6.45, 7) is 2.31. The van der Waals surface area contributed by atoms with Crippen molar-refractivity contribution in [2.45, 2.75) is 24.6 Å². The molecule has 1 atom stereocenters. The fraction of sp³-hybridized carbons (Fsp3) is 0.308. The highest BCUT2D eigenvalue weighted by Gasteiger charge is 2.32. The molecule has 0 aliphatic carbocycles. The van der Waals surface area contributed by atoms with Gasteiger partial charge in [0.2, 0.25) is 0 Å². The smallest absolute Gasteiger partial charge is 0.251 e. The van der Waals surface area contributed by atoms with E-state index >= 15 is 0 Å². The van der Waals surface area contributed by atoms with E-state index in [0.717, 1.165) is 18.5 Å². The van der Waals surface area contributed by atoms with Gasteiger partial charge in [0.15, 0.2) is 15.7 Å². The Labute approximate surface area is 210 Å². The van der Waals surface area contributed by atoms with Crippen LogP contribution in [0.15, 0.2) is 67.3 Å². The first kappa shape index (κ1) is 23.9. The zero-order chi connectivity index (χ0) is 25.1. The topological polar surface area (TPSA) is 110 Å². The molecule has 5 rings (SSSR count). The number of hydrogen-bond acceptors (Lipinski definition) is 7. The molecule has 10 heteroatoms. The highest BCUT2D eigenvalue weighted by Crippen LogP contribution is 2.33. The van der Waals surface area contributed by atoms with Crippen molar-refractivity contribution in [2.24, 2.45) is 0 Å². The summed E-state index contributed by atoms with van der Waals surface area (Å²) in [5, 5.41) is 2.54. The summed E-state index contributed by atoms with van der Waals surface area (Å²) >= 11 is 0. The van der Waals surface area contributed by atoms with Crippen LogP contribution in [0.1, 0.15) is 23.2 Å². The fourth-order valence-corrected chi connectivity index (χ4v) is 5.44. The number of nitrogens with zero attached hydrogens (tertiary/aromatic N) is 5. The van der Waals surface area contributed by atoms with Gasteiger partial charge in [0.25, 0.3) is 5.91 Å². The van der Waals surface area contributed by atoms with Gasteiger partial charge in [0.1, 0.15) is 5.69 Å². The normalized spacial score (nSPS) is 15.9. The second kappa shape index (κ2) is 10.1. The van der Waals surface area contributed by atoms with Crippen LogP contribution in [0.4, 0.5) is 5.82 Å². The van der Waals surface area contributed by atoms with Crippen LogP contribution in [0, 0.1) is 0 Å². The molecule has 0 bridgehead atoms. The molecule has 4 aromatic rings. The maximum absolute atomic E-state index is 12.8. The SMILES string of the molecule is CS(=O)(=O)C1CCN(c2nc3ccc(C(=O)NCCCn4ccnc4)cc3nc2-c2ccccc2)C1. The molecular weight excluding hydrogens is 476 g/mol. The number of carbonyl (C=O) groups excluding carboxylic acids is 1. The largest absolute Gasteiger partial charge is 0.353 e. The Morgan fingerprint density at radius 3 is 2.67 bits per heavy atom. The molecular formula is C26H28N6O3S. The third-order valence-corrected chi connectivity index (χ3v) is 8.04. The highest BCUT2D eigenvalue weighted by molar-refractivity contribution is 7.91. The zero-order valence-electron chi connectivity index (χ0n) is 20.0. The van der Waals surface area contributed by atoms with Gasteiger partial charge in [-0.1, -0.05) is 30.3 Å². The van der Waals surface area contributed by atoms with E-state index in [1.54, 1.807) is 30.7 Å². The molecule has 1 fully saturated rings. The highest BCUT2D eigenvalue weighted by atomic mass is 32.2. The molecule has 1 amide bonds. The van der Waals surface area contributed by atoms with Crippen molar-refractivity contribution in [3.05, 3.63) is 72.8 Å². The Kier molecular flexibility index (Phi) is 6.69. The minimum Gasteiger partial charge on any atom is -0.353 e. The number of anilines is 1. The van der Waals surface area contributed by atoms with Crippen LogP contribution < -0.4 is 10.2 Å². The van der Waals surface area contributed by atoms with Crippen LogP contribution in [0.3, 0.4) is 0 Å². The third kappa shape index (κ3) is 5.23. The number of hydrogen-bond donors (Lipinski definition) is 1. The van der Waals surface area contributed by atoms with Crippen LogP contribution in [-0.4, -0.2) is 65.0 Å². The number of benzene rings is 2. The van der Waals surface area contributed by atoms with Crippen LogP contribution in [0.25, 0.3) is 22.3 Å². The van der Waals surface area contributed by atoms with E-state index in [2.05, 4.69) is 10.3 Å². The molecule has 186 valence electrons. The molecule has 0 spiro atoms. The quantitative estimate of drug-likeness (QED) is 0.367. The fourth-order valence-electron chi connectivity index (χ4n) is 4.45. The standard InChI is InChI=1S/C26H28N6O3S/c1-36(34,35)21-10-14-32(17-21)25-24(19-6-3-2-4-7-19)29-23-16-20(8-9-22(23)30-25)26(33)28-11-5-13-31-15-12-27-18-31/h2-4,6-9,12,15-16,18,21H,5,10-11,13-14,17H2,1H3,(H,28,33). The number of sulfone groups is 1. The third-order valence-electron chi connectivity index (χ3n) is 6.44.